The van der Waals surface area contributed by atoms with Crippen LogP contribution >= 0.6 is 0 Å². The summed E-state index contributed by atoms with van der Waals surface area (Å²) in [5, 5.41) is 3.40. The van der Waals surface area contributed by atoms with Crippen molar-refractivity contribution in [3.05, 3.63) is 17.2 Å². The standard InChI is InChI=1S/C10H17N3/c1-7-8(2)13-10(12-7)9-4-3-5-11-6-9/h9,11H,3-6H2,1-2H3,(H,12,13)/t9-/m1/s1. The zero-order valence-corrected chi connectivity index (χ0v) is 8.35. The van der Waals surface area contributed by atoms with Crippen molar-refractivity contribution in [1.82, 2.24) is 15.3 Å². The third-order valence-electron chi connectivity index (χ3n) is 2.83. The molecule has 0 unspecified atom stereocenters. The molecule has 1 aliphatic heterocycles. The normalized spacial score (nSPS) is 23.4. The Hall–Kier alpha value is -0.830. The van der Waals surface area contributed by atoms with Crippen LogP contribution in [0.15, 0.2) is 0 Å². The Morgan fingerprint density at radius 1 is 1.38 bits per heavy atom. The van der Waals surface area contributed by atoms with Crippen LogP contribution in [0.4, 0.5) is 0 Å². The lowest BCUT2D eigenvalue weighted by atomic mass is 9.99. The zero-order valence-electron chi connectivity index (χ0n) is 8.35. The summed E-state index contributed by atoms with van der Waals surface area (Å²) in [7, 11) is 0. The summed E-state index contributed by atoms with van der Waals surface area (Å²) in [5.74, 6) is 1.77. The van der Waals surface area contributed by atoms with Crippen molar-refractivity contribution in [3.8, 4) is 0 Å². The number of hydrogen-bond donors (Lipinski definition) is 2. The number of nitrogens with zero attached hydrogens (tertiary/aromatic N) is 1. The van der Waals surface area contributed by atoms with E-state index < -0.39 is 0 Å². The largest absolute Gasteiger partial charge is 0.346 e. The second-order valence-electron chi connectivity index (χ2n) is 3.88. The molecule has 3 heteroatoms. The van der Waals surface area contributed by atoms with Gasteiger partial charge in [-0.05, 0) is 33.2 Å². The minimum absolute atomic E-state index is 0.598. The van der Waals surface area contributed by atoms with Gasteiger partial charge >= 0.3 is 0 Å². The highest BCUT2D eigenvalue weighted by molar-refractivity contribution is 5.14. The maximum atomic E-state index is 4.54. The monoisotopic (exact) mass is 179 g/mol. The van der Waals surface area contributed by atoms with Crippen molar-refractivity contribution in [1.29, 1.82) is 0 Å². The molecular formula is C10H17N3. The summed E-state index contributed by atoms with van der Waals surface area (Å²) in [5.41, 5.74) is 2.35. The molecule has 2 N–H and O–H groups in total. The molecule has 1 aromatic heterocycles. The van der Waals surface area contributed by atoms with Gasteiger partial charge in [0.1, 0.15) is 5.82 Å². The third-order valence-corrected chi connectivity index (χ3v) is 2.83. The van der Waals surface area contributed by atoms with Gasteiger partial charge in [-0.2, -0.15) is 0 Å². The number of aromatic nitrogens is 2. The molecule has 1 aliphatic rings. The summed E-state index contributed by atoms with van der Waals surface area (Å²) in [6.45, 7) is 6.38. The first kappa shape index (κ1) is 8.75. The molecule has 0 amide bonds. The summed E-state index contributed by atoms with van der Waals surface area (Å²) in [6.07, 6.45) is 2.53. The molecule has 0 radical (unpaired) electrons. The van der Waals surface area contributed by atoms with E-state index in [1.54, 1.807) is 0 Å². The van der Waals surface area contributed by atoms with E-state index in [4.69, 9.17) is 0 Å². The van der Waals surface area contributed by atoms with Crippen molar-refractivity contribution in [3.63, 3.8) is 0 Å². The van der Waals surface area contributed by atoms with E-state index in [-0.39, 0.29) is 0 Å². The minimum atomic E-state index is 0.598. The summed E-state index contributed by atoms with van der Waals surface area (Å²) >= 11 is 0. The van der Waals surface area contributed by atoms with E-state index in [1.807, 2.05) is 0 Å². The average Bonchev–Trinajstić information content (AvgIpc) is 2.49. The molecule has 0 bridgehead atoms. The highest BCUT2D eigenvalue weighted by Gasteiger charge is 2.18. The number of hydrogen-bond acceptors (Lipinski definition) is 2. The summed E-state index contributed by atoms with van der Waals surface area (Å²) < 4.78 is 0. The lowest BCUT2D eigenvalue weighted by Gasteiger charge is -2.20. The molecule has 72 valence electrons. The van der Waals surface area contributed by atoms with E-state index >= 15 is 0 Å². The maximum absolute atomic E-state index is 4.54. The van der Waals surface area contributed by atoms with Crippen LogP contribution in [0.25, 0.3) is 0 Å². The second kappa shape index (κ2) is 3.50. The van der Waals surface area contributed by atoms with Gasteiger partial charge < -0.3 is 10.3 Å². The quantitative estimate of drug-likeness (QED) is 0.685. The van der Waals surface area contributed by atoms with Gasteiger partial charge in [-0.25, -0.2) is 4.98 Å². The molecule has 13 heavy (non-hydrogen) atoms. The second-order valence-corrected chi connectivity index (χ2v) is 3.88. The Morgan fingerprint density at radius 3 is 2.77 bits per heavy atom. The lowest BCUT2D eigenvalue weighted by molar-refractivity contribution is 0.448. The van der Waals surface area contributed by atoms with Gasteiger partial charge in [0.15, 0.2) is 0 Å². The minimum Gasteiger partial charge on any atom is -0.346 e. The van der Waals surface area contributed by atoms with Crippen LogP contribution in [0.3, 0.4) is 0 Å². The number of nitrogens with one attached hydrogen (secondary N) is 2. The first-order valence-electron chi connectivity index (χ1n) is 5.01. The number of aryl methyl sites for hydroxylation is 2. The third kappa shape index (κ3) is 1.75. The Balaban J connectivity index is 2.14. The zero-order chi connectivity index (χ0) is 9.26. The molecule has 2 rings (SSSR count). The van der Waals surface area contributed by atoms with Crippen LogP contribution in [0.1, 0.15) is 36.0 Å². The molecule has 1 saturated heterocycles. The first-order chi connectivity index (χ1) is 6.27. The van der Waals surface area contributed by atoms with Crippen LogP contribution < -0.4 is 5.32 Å². The van der Waals surface area contributed by atoms with Gasteiger partial charge in [0.25, 0.3) is 0 Å². The summed E-state index contributed by atoms with van der Waals surface area (Å²) in [6, 6.07) is 0. The predicted molar refractivity (Wildman–Crippen MR) is 52.9 cm³/mol. The Kier molecular flexibility index (Phi) is 2.36. The van der Waals surface area contributed by atoms with E-state index in [2.05, 4.69) is 29.1 Å². The van der Waals surface area contributed by atoms with Crippen molar-refractivity contribution in [2.24, 2.45) is 0 Å². The van der Waals surface area contributed by atoms with Gasteiger partial charge in [-0.15, -0.1) is 0 Å². The van der Waals surface area contributed by atoms with Gasteiger partial charge in [0, 0.05) is 18.2 Å². The van der Waals surface area contributed by atoms with E-state index in [1.165, 1.54) is 24.4 Å². The van der Waals surface area contributed by atoms with E-state index in [9.17, 15) is 0 Å². The average molecular weight is 179 g/mol. The molecular weight excluding hydrogens is 162 g/mol. The number of H-pyrrole nitrogens is 1. The van der Waals surface area contributed by atoms with Crippen molar-refractivity contribution in [2.75, 3.05) is 13.1 Å². The number of piperidine rings is 1. The van der Waals surface area contributed by atoms with Crippen LogP contribution in [0, 0.1) is 13.8 Å². The van der Waals surface area contributed by atoms with Crippen molar-refractivity contribution >= 4 is 0 Å². The van der Waals surface area contributed by atoms with Crippen molar-refractivity contribution in [2.45, 2.75) is 32.6 Å². The molecule has 0 aromatic carbocycles. The predicted octanol–water partition coefficient (Wildman–Crippen LogP) is 1.49. The van der Waals surface area contributed by atoms with Crippen LogP contribution in [-0.2, 0) is 0 Å². The SMILES string of the molecule is Cc1nc([C@@H]2CCCNC2)[nH]c1C. The van der Waals surface area contributed by atoms with Crippen LogP contribution in [-0.4, -0.2) is 23.1 Å². The number of rotatable bonds is 1. The smallest absolute Gasteiger partial charge is 0.110 e. The van der Waals surface area contributed by atoms with Crippen molar-refractivity contribution < 1.29 is 0 Å². The fourth-order valence-electron chi connectivity index (χ4n) is 1.85. The van der Waals surface area contributed by atoms with E-state index in [0.29, 0.717) is 5.92 Å². The van der Waals surface area contributed by atoms with Crippen LogP contribution in [0.2, 0.25) is 0 Å². The highest BCUT2D eigenvalue weighted by Crippen LogP contribution is 2.21. The summed E-state index contributed by atoms with van der Waals surface area (Å²) in [4.78, 5) is 7.90. The molecule has 1 fully saturated rings. The number of aromatic amines is 1. The Morgan fingerprint density at radius 2 is 2.23 bits per heavy atom. The van der Waals surface area contributed by atoms with E-state index in [0.717, 1.165) is 18.8 Å². The molecule has 0 spiro atoms. The first-order valence-corrected chi connectivity index (χ1v) is 5.01. The molecule has 2 heterocycles. The fourth-order valence-corrected chi connectivity index (χ4v) is 1.85. The molecule has 3 nitrogen and oxygen atoms in total. The van der Waals surface area contributed by atoms with Gasteiger partial charge in [0.2, 0.25) is 0 Å². The number of imidazole rings is 1. The fraction of sp³-hybridized carbons (Fsp3) is 0.700. The van der Waals surface area contributed by atoms with Crippen LogP contribution in [0.5, 0.6) is 0 Å². The molecule has 1 atom stereocenters. The molecule has 1 aromatic rings. The van der Waals surface area contributed by atoms with Gasteiger partial charge in [0.05, 0.1) is 5.69 Å². The van der Waals surface area contributed by atoms with Gasteiger partial charge in [-0.3, -0.25) is 0 Å². The maximum Gasteiger partial charge on any atom is 0.110 e. The highest BCUT2D eigenvalue weighted by atomic mass is 15.0. The van der Waals surface area contributed by atoms with Gasteiger partial charge in [-0.1, -0.05) is 0 Å². The molecule has 0 saturated carbocycles. The Bertz CT molecular complexity index is 265. The Labute approximate surface area is 79.0 Å². The topological polar surface area (TPSA) is 40.7 Å². The molecule has 0 aliphatic carbocycles. The lowest BCUT2D eigenvalue weighted by Crippen LogP contribution is -2.28.